The highest BCUT2D eigenvalue weighted by atomic mass is 19.1. The smallest absolute Gasteiger partial charge is 0.279 e. The minimum Gasteiger partial charge on any atom is -0.455 e. The van der Waals surface area contributed by atoms with E-state index in [9.17, 15) is 9.18 Å². The number of amides is 1. The highest BCUT2D eigenvalue weighted by Gasteiger charge is 2.20. The van der Waals surface area contributed by atoms with E-state index in [0.717, 1.165) is 0 Å². The van der Waals surface area contributed by atoms with Crippen molar-refractivity contribution in [2.75, 3.05) is 5.32 Å². The first-order chi connectivity index (χ1) is 15.2. The summed E-state index contributed by atoms with van der Waals surface area (Å²) in [6, 6.07) is 16.3. The molecule has 0 fully saturated rings. The van der Waals surface area contributed by atoms with Crippen molar-refractivity contribution in [3.8, 4) is 17.2 Å². The van der Waals surface area contributed by atoms with Gasteiger partial charge in [-0.3, -0.25) is 9.78 Å². The van der Waals surface area contributed by atoms with Gasteiger partial charge in [-0.05, 0) is 42.5 Å². The second kappa shape index (κ2) is 7.71. The van der Waals surface area contributed by atoms with Crippen LogP contribution in [0.25, 0.3) is 16.6 Å². The number of carbonyl (C=O) groups excluding carboxylic acids is 1. The Morgan fingerprint density at radius 1 is 1.10 bits per heavy atom. The van der Waals surface area contributed by atoms with Gasteiger partial charge in [-0.1, -0.05) is 17.3 Å². The Kier molecular flexibility index (Phi) is 4.60. The predicted octanol–water partition coefficient (Wildman–Crippen LogP) is 4.59. The quantitative estimate of drug-likeness (QED) is 0.451. The second-order valence-electron chi connectivity index (χ2n) is 6.52. The van der Waals surface area contributed by atoms with E-state index >= 15 is 0 Å². The lowest BCUT2D eigenvalue weighted by atomic mass is 10.2. The summed E-state index contributed by atoms with van der Waals surface area (Å²) in [4.78, 5) is 16.6. The minimum atomic E-state index is -0.504. The third kappa shape index (κ3) is 3.60. The molecule has 1 N–H and O–H groups in total. The standard InChI is InChI=1S/C22H14FN5O3/c23-14-4-1-5-15(12-14)28-18-7-2-8-19(31-16-6-3-10-24-13-16)20(18)21(26-28)25-22(29)17-9-11-30-27-17/h1-13H,(H,25,26,29). The number of nitrogens with one attached hydrogen (secondary N) is 1. The van der Waals surface area contributed by atoms with Gasteiger partial charge < -0.3 is 14.6 Å². The summed E-state index contributed by atoms with van der Waals surface area (Å²) in [6.07, 6.45) is 4.51. The van der Waals surface area contributed by atoms with E-state index in [1.165, 1.54) is 29.1 Å². The Morgan fingerprint density at radius 2 is 2.00 bits per heavy atom. The second-order valence-corrected chi connectivity index (χ2v) is 6.52. The van der Waals surface area contributed by atoms with Crippen molar-refractivity contribution in [1.29, 1.82) is 0 Å². The van der Waals surface area contributed by atoms with E-state index in [2.05, 4.69) is 20.6 Å². The van der Waals surface area contributed by atoms with Crippen molar-refractivity contribution in [1.82, 2.24) is 19.9 Å². The molecule has 5 rings (SSSR count). The van der Waals surface area contributed by atoms with Crippen LogP contribution in [0.4, 0.5) is 10.2 Å². The maximum absolute atomic E-state index is 13.9. The third-order valence-electron chi connectivity index (χ3n) is 4.49. The number of carbonyl (C=O) groups is 1. The molecular weight excluding hydrogens is 401 g/mol. The molecule has 152 valence electrons. The molecule has 0 aliphatic rings. The average molecular weight is 415 g/mol. The molecule has 0 saturated carbocycles. The van der Waals surface area contributed by atoms with Crippen LogP contribution in [0.5, 0.6) is 11.5 Å². The van der Waals surface area contributed by atoms with Gasteiger partial charge in [0.15, 0.2) is 11.5 Å². The molecule has 1 amide bonds. The Balaban J connectivity index is 1.66. The van der Waals surface area contributed by atoms with Crippen molar-refractivity contribution >= 4 is 22.6 Å². The fourth-order valence-corrected chi connectivity index (χ4v) is 3.15. The maximum atomic E-state index is 13.9. The van der Waals surface area contributed by atoms with Crippen molar-refractivity contribution in [3.63, 3.8) is 0 Å². The number of halogens is 1. The van der Waals surface area contributed by atoms with Gasteiger partial charge in [-0.15, -0.1) is 5.10 Å². The Hall–Kier alpha value is -4.53. The van der Waals surface area contributed by atoms with E-state index in [1.54, 1.807) is 54.9 Å². The number of hydrogen-bond acceptors (Lipinski definition) is 6. The highest BCUT2D eigenvalue weighted by molar-refractivity contribution is 6.08. The molecular formula is C22H14FN5O3. The molecule has 5 aromatic rings. The SMILES string of the molecule is O=C(Nc1nn(-c2cccc(F)c2)c2cccc(Oc3cccnc3)c12)c1ccon1. The molecule has 2 aromatic carbocycles. The molecule has 0 aliphatic heterocycles. The maximum Gasteiger partial charge on any atom is 0.279 e. The van der Waals surface area contributed by atoms with Crippen LogP contribution in [0.1, 0.15) is 10.5 Å². The van der Waals surface area contributed by atoms with Gasteiger partial charge in [0.05, 0.1) is 22.8 Å². The minimum absolute atomic E-state index is 0.0964. The molecule has 9 heteroatoms. The first-order valence-electron chi connectivity index (χ1n) is 9.26. The van der Waals surface area contributed by atoms with Gasteiger partial charge in [0, 0.05) is 12.3 Å². The molecule has 0 spiro atoms. The molecule has 0 radical (unpaired) electrons. The van der Waals surface area contributed by atoms with Crippen LogP contribution in [0.3, 0.4) is 0 Å². The molecule has 0 unspecified atom stereocenters. The number of rotatable bonds is 5. The number of pyridine rings is 1. The van der Waals surface area contributed by atoms with E-state index < -0.39 is 11.7 Å². The summed E-state index contributed by atoms with van der Waals surface area (Å²) in [5.74, 6) is 0.283. The number of fused-ring (bicyclic) bond motifs is 1. The van der Waals surface area contributed by atoms with E-state index in [1.807, 2.05) is 0 Å². The fraction of sp³-hybridized carbons (Fsp3) is 0. The molecule has 0 bridgehead atoms. The van der Waals surface area contributed by atoms with Gasteiger partial charge in [0.1, 0.15) is 23.6 Å². The summed E-state index contributed by atoms with van der Waals surface area (Å²) >= 11 is 0. The summed E-state index contributed by atoms with van der Waals surface area (Å²) in [7, 11) is 0. The third-order valence-corrected chi connectivity index (χ3v) is 4.49. The first-order valence-corrected chi connectivity index (χ1v) is 9.26. The number of aromatic nitrogens is 4. The summed E-state index contributed by atoms with van der Waals surface area (Å²) in [5.41, 5.74) is 1.20. The summed E-state index contributed by atoms with van der Waals surface area (Å²) in [5, 5.41) is 11.4. The van der Waals surface area contributed by atoms with E-state index in [-0.39, 0.29) is 11.5 Å². The Morgan fingerprint density at radius 3 is 2.77 bits per heavy atom. The molecule has 8 nitrogen and oxygen atoms in total. The number of nitrogens with zero attached hydrogens (tertiary/aromatic N) is 4. The largest absolute Gasteiger partial charge is 0.455 e. The normalized spacial score (nSPS) is 10.9. The van der Waals surface area contributed by atoms with Crippen LogP contribution in [0, 0.1) is 5.82 Å². The lowest BCUT2D eigenvalue weighted by molar-refractivity contribution is 0.101. The van der Waals surface area contributed by atoms with Crippen LogP contribution in [0.15, 0.2) is 83.8 Å². The van der Waals surface area contributed by atoms with Crippen LogP contribution in [0.2, 0.25) is 0 Å². The van der Waals surface area contributed by atoms with E-state index in [4.69, 9.17) is 9.26 Å². The monoisotopic (exact) mass is 415 g/mol. The Labute approximate surface area is 174 Å². The molecule has 0 saturated heterocycles. The van der Waals surface area contributed by atoms with Gasteiger partial charge in [0.25, 0.3) is 5.91 Å². The Bertz CT molecular complexity index is 1370. The molecule has 31 heavy (non-hydrogen) atoms. The fourth-order valence-electron chi connectivity index (χ4n) is 3.15. The van der Waals surface area contributed by atoms with Gasteiger partial charge in [0.2, 0.25) is 0 Å². The number of benzene rings is 2. The van der Waals surface area contributed by atoms with Crippen LogP contribution < -0.4 is 10.1 Å². The van der Waals surface area contributed by atoms with E-state index in [0.29, 0.717) is 28.1 Å². The summed E-state index contributed by atoms with van der Waals surface area (Å²) in [6.45, 7) is 0. The predicted molar refractivity (Wildman–Crippen MR) is 110 cm³/mol. The zero-order chi connectivity index (χ0) is 21.2. The highest BCUT2D eigenvalue weighted by Crippen LogP contribution is 2.36. The molecule has 0 atom stereocenters. The van der Waals surface area contributed by atoms with Gasteiger partial charge >= 0.3 is 0 Å². The zero-order valence-electron chi connectivity index (χ0n) is 15.9. The average Bonchev–Trinajstić information content (AvgIpc) is 3.44. The number of hydrogen-bond donors (Lipinski definition) is 1. The molecule has 0 aliphatic carbocycles. The molecule has 3 heterocycles. The van der Waals surface area contributed by atoms with Gasteiger partial charge in [-0.2, -0.15) is 0 Å². The van der Waals surface area contributed by atoms with Crippen molar-refractivity contribution in [3.05, 3.63) is 90.8 Å². The topological polar surface area (TPSA) is 95.1 Å². The first kappa shape index (κ1) is 18.5. The lowest BCUT2D eigenvalue weighted by Gasteiger charge is -2.08. The van der Waals surface area contributed by atoms with Crippen LogP contribution in [-0.4, -0.2) is 25.8 Å². The zero-order valence-corrected chi connectivity index (χ0v) is 15.9. The number of ether oxygens (including phenoxy) is 1. The van der Waals surface area contributed by atoms with Crippen LogP contribution in [-0.2, 0) is 0 Å². The van der Waals surface area contributed by atoms with Gasteiger partial charge in [-0.25, -0.2) is 9.07 Å². The molecule has 3 aromatic heterocycles. The number of anilines is 1. The van der Waals surface area contributed by atoms with Crippen molar-refractivity contribution in [2.24, 2.45) is 0 Å². The lowest BCUT2D eigenvalue weighted by Crippen LogP contribution is -2.13. The van der Waals surface area contributed by atoms with Crippen molar-refractivity contribution < 1.29 is 18.4 Å². The van der Waals surface area contributed by atoms with Crippen LogP contribution >= 0.6 is 0 Å². The van der Waals surface area contributed by atoms with Crippen molar-refractivity contribution in [2.45, 2.75) is 0 Å². The summed E-state index contributed by atoms with van der Waals surface area (Å²) < 4.78 is 26.1.